The second-order valence-corrected chi connectivity index (χ2v) is 6.73. The van der Waals surface area contributed by atoms with Crippen LogP contribution in [0.15, 0.2) is 23.1 Å². The highest BCUT2D eigenvalue weighted by molar-refractivity contribution is 7.89. The van der Waals surface area contributed by atoms with Gasteiger partial charge in [-0.05, 0) is 29.5 Å². The smallest absolute Gasteiger partial charge is 0.243 e. The fourth-order valence-corrected chi connectivity index (χ4v) is 2.68. The predicted molar refractivity (Wildman–Crippen MR) is 71.5 cm³/mol. The molecule has 0 saturated carbocycles. The molecule has 0 aromatic heterocycles. The molecule has 0 aliphatic carbocycles. The summed E-state index contributed by atoms with van der Waals surface area (Å²) in [5.41, 5.74) is 0.360. The van der Waals surface area contributed by atoms with Gasteiger partial charge in [0.25, 0.3) is 0 Å². The number of nitrogens with one attached hydrogen (secondary N) is 1. The first-order chi connectivity index (χ1) is 8.77. The van der Waals surface area contributed by atoms with Crippen molar-refractivity contribution >= 4 is 10.0 Å². The molecule has 1 rings (SSSR count). The molecule has 19 heavy (non-hydrogen) atoms. The molecule has 0 saturated heterocycles. The minimum Gasteiger partial charge on any atom is -0.392 e. The summed E-state index contributed by atoms with van der Waals surface area (Å²) < 4.78 is 40.0. The largest absolute Gasteiger partial charge is 0.392 e. The van der Waals surface area contributed by atoms with E-state index < -0.39 is 20.7 Å². The Labute approximate surface area is 113 Å². The molecule has 0 heterocycles. The van der Waals surface area contributed by atoms with Crippen LogP contribution in [0.25, 0.3) is 0 Å². The molecular weight excluding hydrogens is 269 g/mol. The number of hydrogen-bond acceptors (Lipinski definition) is 3. The summed E-state index contributed by atoms with van der Waals surface area (Å²) in [4.78, 5) is -0.421. The molecule has 1 unspecified atom stereocenters. The van der Waals surface area contributed by atoms with Crippen molar-refractivity contribution < 1.29 is 17.9 Å². The maximum Gasteiger partial charge on any atom is 0.243 e. The van der Waals surface area contributed by atoms with Crippen molar-refractivity contribution in [2.24, 2.45) is 11.8 Å². The van der Waals surface area contributed by atoms with Crippen LogP contribution in [0, 0.1) is 17.7 Å². The third-order valence-electron chi connectivity index (χ3n) is 3.20. The van der Waals surface area contributed by atoms with Gasteiger partial charge in [-0.3, -0.25) is 0 Å². The van der Waals surface area contributed by atoms with E-state index in [1.165, 1.54) is 6.07 Å². The first-order valence-electron chi connectivity index (χ1n) is 6.17. The van der Waals surface area contributed by atoms with Gasteiger partial charge in [0.2, 0.25) is 10.0 Å². The Balaban J connectivity index is 2.94. The highest BCUT2D eigenvalue weighted by Crippen LogP contribution is 2.17. The molecule has 0 amide bonds. The van der Waals surface area contributed by atoms with Gasteiger partial charge < -0.3 is 5.11 Å². The Kier molecular flexibility index (Phi) is 5.46. The van der Waals surface area contributed by atoms with E-state index >= 15 is 0 Å². The first kappa shape index (κ1) is 16.1. The third-order valence-corrected chi connectivity index (χ3v) is 4.64. The summed E-state index contributed by atoms with van der Waals surface area (Å²) in [6, 6.07) is 3.55. The molecule has 0 aliphatic heterocycles. The van der Waals surface area contributed by atoms with Crippen LogP contribution in [0.4, 0.5) is 4.39 Å². The van der Waals surface area contributed by atoms with Crippen LogP contribution in [0.5, 0.6) is 0 Å². The number of aliphatic hydroxyl groups excluding tert-OH is 1. The van der Waals surface area contributed by atoms with E-state index in [2.05, 4.69) is 4.72 Å². The van der Waals surface area contributed by atoms with Gasteiger partial charge in [-0.25, -0.2) is 17.5 Å². The maximum absolute atomic E-state index is 13.6. The molecule has 1 atom stereocenters. The zero-order chi connectivity index (χ0) is 14.6. The number of benzene rings is 1. The summed E-state index contributed by atoms with van der Waals surface area (Å²) in [5, 5.41) is 8.97. The average Bonchev–Trinajstić information content (AvgIpc) is 2.36. The van der Waals surface area contributed by atoms with Gasteiger partial charge in [0.1, 0.15) is 10.7 Å². The normalized spacial score (nSPS) is 13.8. The van der Waals surface area contributed by atoms with Gasteiger partial charge in [0.15, 0.2) is 0 Å². The molecule has 0 radical (unpaired) electrons. The lowest BCUT2D eigenvalue weighted by Crippen LogP contribution is -2.30. The molecule has 0 fully saturated rings. The second-order valence-electron chi connectivity index (χ2n) is 5.00. The van der Waals surface area contributed by atoms with Crippen LogP contribution in [-0.4, -0.2) is 20.1 Å². The summed E-state index contributed by atoms with van der Waals surface area (Å²) in [7, 11) is -3.89. The van der Waals surface area contributed by atoms with E-state index in [0.29, 0.717) is 11.5 Å². The Bertz CT molecular complexity index is 529. The van der Waals surface area contributed by atoms with E-state index in [-0.39, 0.29) is 19.1 Å². The molecule has 0 bridgehead atoms. The third kappa shape index (κ3) is 4.26. The molecule has 4 nitrogen and oxygen atoms in total. The Morgan fingerprint density at radius 3 is 2.47 bits per heavy atom. The molecule has 1 aromatic rings. The number of hydrogen-bond donors (Lipinski definition) is 2. The van der Waals surface area contributed by atoms with Crippen LogP contribution in [-0.2, 0) is 16.6 Å². The van der Waals surface area contributed by atoms with Gasteiger partial charge in [0, 0.05) is 6.54 Å². The number of sulfonamides is 1. The summed E-state index contributed by atoms with van der Waals surface area (Å²) in [6.45, 7) is 5.83. The molecule has 6 heteroatoms. The van der Waals surface area contributed by atoms with Crippen LogP contribution in [0.3, 0.4) is 0 Å². The van der Waals surface area contributed by atoms with Crippen molar-refractivity contribution in [3.63, 3.8) is 0 Å². The Hall–Kier alpha value is -0.980. The summed E-state index contributed by atoms with van der Waals surface area (Å²) in [5.74, 6) is -0.336. The highest BCUT2D eigenvalue weighted by atomic mass is 32.2. The lowest BCUT2D eigenvalue weighted by molar-refractivity contribution is 0.281. The number of halogens is 1. The average molecular weight is 289 g/mol. The zero-order valence-corrected chi connectivity index (χ0v) is 12.2. The van der Waals surface area contributed by atoms with Crippen LogP contribution in [0.2, 0.25) is 0 Å². The van der Waals surface area contributed by atoms with Crippen molar-refractivity contribution in [1.29, 1.82) is 0 Å². The lowest BCUT2D eigenvalue weighted by Gasteiger charge is -2.16. The van der Waals surface area contributed by atoms with E-state index in [4.69, 9.17) is 5.11 Å². The monoisotopic (exact) mass is 289 g/mol. The van der Waals surface area contributed by atoms with Gasteiger partial charge in [-0.2, -0.15) is 0 Å². The second kappa shape index (κ2) is 6.45. The van der Waals surface area contributed by atoms with Gasteiger partial charge in [-0.1, -0.05) is 26.8 Å². The SMILES string of the molecule is CC(C)C(C)CNS(=O)(=O)c1cc(CO)ccc1F. The van der Waals surface area contributed by atoms with E-state index in [9.17, 15) is 12.8 Å². The van der Waals surface area contributed by atoms with Gasteiger partial charge in [-0.15, -0.1) is 0 Å². The molecular formula is C13H20FNO3S. The fraction of sp³-hybridized carbons (Fsp3) is 0.538. The summed E-state index contributed by atoms with van der Waals surface area (Å²) >= 11 is 0. The van der Waals surface area contributed by atoms with E-state index in [1.54, 1.807) is 0 Å². The molecule has 0 aliphatic rings. The highest BCUT2D eigenvalue weighted by Gasteiger charge is 2.20. The predicted octanol–water partition coefficient (Wildman–Crippen LogP) is 1.89. The minimum atomic E-state index is -3.89. The van der Waals surface area contributed by atoms with Crippen LogP contribution in [0.1, 0.15) is 26.3 Å². The standard InChI is InChI=1S/C13H20FNO3S/c1-9(2)10(3)7-15-19(17,18)13-6-11(8-16)4-5-12(13)14/h4-6,9-10,15-16H,7-8H2,1-3H3. The van der Waals surface area contributed by atoms with Crippen molar-refractivity contribution in [1.82, 2.24) is 4.72 Å². The zero-order valence-electron chi connectivity index (χ0n) is 11.4. The molecule has 108 valence electrons. The fourth-order valence-electron chi connectivity index (χ4n) is 1.41. The van der Waals surface area contributed by atoms with Crippen molar-refractivity contribution in [3.05, 3.63) is 29.6 Å². The number of rotatable bonds is 6. The van der Waals surface area contributed by atoms with E-state index in [0.717, 1.165) is 12.1 Å². The minimum absolute atomic E-state index is 0.152. The van der Waals surface area contributed by atoms with Crippen LogP contribution < -0.4 is 4.72 Å². The Morgan fingerprint density at radius 2 is 1.95 bits per heavy atom. The van der Waals surface area contributed by atoms with E-state index in [1.807, 2.05) is 20.8 Å². The van der Waals surface area contributed by atoms with Crippen molar-refractivity contribution in [2.75, 3.05) is 6.54 Å². The molecule has 2 N–H and O–H groups in total. The first-order valence-corrected chi connectivity index (χ1v) is 7.65. The van der Waals surface area contributed by atoms with Gasteiger partial charge >= 0.3 is 0 Å². The maximum atomic E-state index is 13.6. The number of aliphatic hydroxyl groups is 1. The molecule has 0 spiro atoms. The Morgan fingerprint density at radius 1 is 1.32 bits per heavy atom. The van der Waals surface area contributed by atoms with Crippen LogP contribution >= 0.6 is 0 Å². The lowest BCUT2D eigenvalue weighted by atomic mass is 9.99. The summed E-state index contributed by atoms with van der Waals surface area (Å²) in [6.07, 6.45) is 0. The quantitative estimate of drug-likeness (QED) is 0.840. The topological polar surface area (TPSA) is 66.4 Å². The van der Waals surface area contributed by atoms with Gasteiger partial charge in [0.05, 0.1) is 6.61 Å². The molecule has 1 aromatic carbocycles. The van der Waals surface area contributed by atoms with Crippen molar-refractivity contribution in [3.8, 4) is 0 Å². The van der Waals surface area contributed by atoms with Crippen molar-refractivity contribution in [2.45, 2.75) is 32.3 Å².